The maximum atomic E-state index is 11.8. The van der Waals surface area contributed by atoms with Gasteiger partial charge in [0, 0.05) is 20.3 Å². The van der Waals surface area contributed by atoms with E-state index in [1.807, 2.05) is 0 Å². The molecule has 0 fully saturated rings. The highest BCUT2D eigenvalue weighted by molar-refractivity contribution is 8.00. The molecular formula is C10H17N5O4S. The molecule has 0 spiro atoms. The number of nitrogens with zero attached hydrogens (tertiary/aromatic N) is 4. The van der Waals surface area contributed by atoms with Crippen molar-refractivity contribution in [3.05, 3.63) is 0 Å². The van der Waals surface area contributed by atoms with Crippen LogP contribution in [0.4, 0.5) is 0 Å². The Labute approximate surface area is 120 Å². The standard InChI is InChI=1S/C10H17N5O4S/c1-7(9(18)11-4-3-5-19-2)20-10-12-13-14-15(10)6-8(16)17/h7H,3-6H2,1-2H3,(H,11,18)(H,16,17). The van der Waals surface area contributed by atoms with Gasteiger partial charge in [-0.25, -0.2) is 4.68 Å². The third-order valence-electron chi connectivity index (χ3n) is 2.26. The van der Waals surface area contributed by atoms with Crippen LogP contribution in [0.3, 0.4) is 0 Å². The third kappa shape index (κ3) is 5.53. The molecule has 0 saturated heterocycles. The van der Waals surface area contributed by atoms with Crippen molar-refractivity contribution in [2.45, 2.75) is 30.3 Å². The molecule has 1 atom stereocenters. The van der Waals surface area contributed by atoms with E-state index in [0.717, 1.165) is 22.9 Å². The largest absolute Gasteiger partial charge is 0.480 e. The third-order valence-corrected chi connectivity index (χ3v) is 3.33. The Bertz CT molecular complexity index is 453. The van der Waals surface area contributed by atoms with Gasteiger partial charge >= 0.3 is 5.97 Å². The van der Waals surface area contributed by atoms with Gasteiger partial charge in [-0.1, -0.05) is 11.8 Å². The van der Waals surface area contributed by atoms with E-state index in [0.29, 0.717) is 18.3 Å². The van der Waals surface area contributed by atoms with Crippen LogP contribution in [0.25, 0.3) is 0 Å². The fourth-order valence-corrected chi connectivity index (χ4v) is 2.10. The molecule has 2 N–H and O–H groups in total. The maximum absolute atomic E-state index is 11.8. The lowest BCUT2D eigenvalue weighted by Crippen LogP contribution is -2.32. The SMILES string of the molecule is COCCCNC(=O)C(C)Sc1nnnn1CC(=O)O. The molecule has 112 valence electrons. The molecule has 9 nitrogen and oxygen atoms in total. The molecule has 0 saturated carbocycles. The van der Waals surface area contributed by atoms with E-state index >= 15 is 0 Å². The number of nitrogens with one attached hydrogen (secondary N) is 1. The summed E-state index contributed by atoms with van der Waals surface area (Å²) in [7, 11) is 1.60. The van der Waals surface area contributed by atoms with Crippen molar-refractivity contribution in [1.29, 1.82) is 0 Å². The fourth-order valence-electron chi connectivity index (χ4n) is 1.29. The Kier molecular flexibility index (Phi) is 6.94. The summed E-state index contributed by atoms with van der Waals surface area (Å²) in [6.07, 6.45) is 0.733. The molecule has 0 bridgehead atoms. The minimum atomic E-state index is -1.05. The summed E-state index contributed by atoms with van der Waals surface area (Å²) < 4.78 is 6.02. The van der Waals surface area contributed by atoms with Crippen molar-refractivity contribution in [2.75, 3.05) is 20.3 Å². The van der Waals surface area contributed by atoms with Crippen LogP contribution in [-0.2, 0) is 20.9 Å². The first-order valence-electron chi connectivity index (χ1n) is 5.96. The van der Waals surface area contributed by atoms with E-state index in [-0.39, 0.29) is 12.5 Å². The Hall–Kier alpha value is -1.68. The van der Waals surface area contributed by atoms with Gasteiger partial charge in [0.15, 0.2) is 0 Å². The second-order valence-corrected chi connectivity index (χ2v) is 5.22. The number of thioether (sulfide) groups is 1. The number of tetrazole rings is 1. The van der Waals surface area contributed by atoms with Crippen LogP contribution >= 0.6 is 11.8 Å². The number of methoxy groups -OCH3 is 1. The number of amides is 1. The lowest BCUT2D eigenvalue weighted by Gasteiger charge is -2.11. The van der Waals surface area contributed by atoms with Crippen molar-refractivity contribution >= 4 is 23.6 Å². The average molecular weight is 303 g/mol. The first kappa shape index (κ1) is 16.4. The molecule has 0 aliphatic rings. The molecule has 20 heavy (non-hydrogen) atoms. The number of carbonyl (C=O) groups excluding carboxylic acids is 1. The van der Waals surface area contributed by atoms with Crippen LogP contribution in [0.5, 0.6) is 0 Å². The molecular weight excluding hydrogens is 286 g/mol. The van der Waals surface area contributed by atoms with Gasteiger partial charge in [0.25, 0.3) is 0 Å². The molecule has 1 rings (SSSR count). The summed E-state index contributed by atoms with van der Waals surface area (Å²) >= 11 is 1.11. The van der Waals surface area contributed by atoms with E-state index in [1.165, 1.54) is 0 Å². The monoisotopic (exact) mass is 303 g/mol. The van der Waals surface area contributed by atoms with Crippen LogP contribution in [0.1, 0.15) is 13.3 Å². The van der Waals surface area contributed by atoms with E-state index < -0.39 is 11.2 Å². The van der Waals surface area contributed by atoms with Crippen molar-refractivity contribution in [2.24, 2.45) is 0 Å². The van der Waals surface area contributed by atoms with Crippen molar-refractivity contribution in [3.63, 3.8) is 0 Å². The Balaban J connectivity index is 2.45. The van der Waals surface area contributed by atoms with Crippen LogP contribution in [-0.4, -0.2) is 62.7 Å². The summed E-state index contributed by atoms with van der Waals surface area (Å²) in [5.41, 5.74) is 0. The minimum Gasteiger partial charge on any atom is -0.480 e. The number of aliphatic carboxylic acids is 1. The molecule has 0 aromatic carbocycles. The zero-order valence-electron chi connectivity index (χ0n) is 11.3. The molecule has 0 radical (unpaired) electrons. The topological polar surface area (TPSA) is 119 Å². The number of carbonyl (C=O) groups is 2. The predicted octanol–water partition coefficient (Wildman–Crippen LogP) is -0.609. The summed E-state index contributed by atoms with van der Waals surface area (Å²) in [5, 5.41) is 22.0. The van der Waals surface area contributed by atoms with Gasteiger partial charge in [0.2, 0.25) is 11.1 Å². The normalized spacial score (nSPS) is 12.1. The van der Waals surface area contributed by atoms with E-state index in [2.05, 4.69) is 20.8 Å². The highest BCUT2D eigenvalue weighted by atomic mass is 32.2. The van der Waals surface area contributed by atoms with Gasteiger partial charge < -0.3 is 15.2 Å². The molecule has 1 aromatic heterocycles. The first-order valence-corrected chi connectivity index (χ1v) is 6.83. The van der Waals surface area contributed by atoms with Crippen molar-refractivity contribution in [3.8, 4) is 0 Å². The number of hydrogen-bond acceptors (Lipinski definition) is 7. The van der Waals surface area contributed by atoms with E-state index in [9.17, 15) is 9.59 Å². The van der Waals surface area contributed by atoms with Crippen molar-refractivity contribution < 1.29 is 19.4 Å². The highest BCUT2D eigenvalue weighted by Crippen LogP contribution is 2.19. The number of ether oxygens (including phenoxy) is 1. The predicted molar refractivity (Wildman–Crippen MR) is 70.3 cm³/mol. The maximum Gasteiger partial charge on any atom is 0.325 e. The second-order valence-electron chi connectivity index (χ2n) is 3.91. The molecule has 0 aliphatic heterocycles. The minimum absolute atomic E-state index is 0.157. The number of carboxylic acid groups (broad SMARTS) is 1. The Morgan fingerprint density at radius 3 is 2.95 bits per heavy atom. The van der Waals surface area contributed by atoms with Gasteiger partial charge in [-0.15, -0.1) is 5.10 Å². The van der Waals surface area contributed by atoms with Crippen LogP contribution in [0.2, 0.25) is 0 Å². The second kappa shape index (κ2) is 8.48. The molecule has 0 aliphatic carbocycles. The fraction of sp³-hybridized carbons (Fsp3) is 0.700. The number of carboxylic acids is 1. The Morgan fingerprint density at radius 1 is 1.55 bits per heavy atom. The summed E-state index contributed by atoms with van der Waals surface area (Å²) in [4.78, 5) is 22.4. The van der Waals surface area contributed by atoms with Crippen LogP contribution < -0.4 is 5.32 Å². The first-order chi connectivity index (χ1) is 9.54. The highest BCUT2D eigenvalue weighted by Gasteiger charge is 2.18. The summed E-state index contributed by atoms with van der Waals surface area (Å²) in [6, 6.07) is 0. The number of rotatable bonds is 9. The zero-order valence-corrected chi connectivity index (χ0v) is 12.1. The average Bonchev–Trinajstić information content (AvgIpc) is 2.81. The van der Waals surface area contributed by atoms with Crippen molar-refractivity contribution in [1.82, 2.24) is 25.5 Å². The molecule has 1 unspecified atom stereocenters. The Morgan fingerprint density at radius 2 is 2.30 bits per heavy atom. The lowest BCUT2D eigenvalue weighted by atomic mass is 10.4. The molecule has 10 heteroatoms. The van der Waals surface area contributed by atoms with Gasteiger partial charge in [0.05, 0.1) is 5.25 Å². The van der Waals surface area contributed by atoms with Crippen LogP contribution in [0.15, 0.2) is 5.16 Å². The number of hydrogen-bond donors (Lipinski definition) is 2. The van der Waals surface area contributed by atoms with Crippen LogP contribution in [0, 0.1) is 0 Å². The van der Waals surface area contributed by atoms with Gasteiger partial charge in [-0.2, -0.15) is 0 Å². The molecule has 1 aromatic rings. The quantitative estimate of drug-likeness (QED) is 0.458. The molecule has 1 amide bonds. The zero-order chi connectivity index (χ0) is 15.0. The summed E-state index contributed by atoms with van der Waals surface area (Å²) in [6.45, 7) is 2.48. The smallest absolute Gasteiger partial charge is 0.325 e. The van der Waals surface area contributed by atoms with E-state index in [1.54, 1.807) is 14.0 Å². The number of aromatic nitrogens is 4. The van der Waals surface area contributed by atoms with Gasteiger partial charge in [-0.3, -0.25) is 9.59 Å². The lowest BCUT2D eigenvalue weighted by molar-refractivity contribution is -0.138. The molecule has 1 heterocycles. The van der Waals surface area contributed by atoms with Gasteiger partial charge in [0.1, 0.15) is 6.54 Å². The van der Waals surface area contributed by atoms with E-state index in [4.69, 9.17) is 9.84 Å². The summed E-state index contributed by atoms with van der Waals surface area (Å²) in [5.74, 6) is -1.20. The van der Waals surface area contributed by atoms with Gasteiger partial charge in [-0.05, 0) is 23.8 Å².